The summed E-state index contributed by atoms with van der Waals surface area (Å²) in [4.78, 5) is 0.275. The minimum absolute atomic E-state index is 0.275. The fourth-order valence-electron chi connectivity index (χ4n) is 1.68. The summed E-state index contributed by atoms with van der Waals surface area (Å²) in [5.74, 6) is 0.661. The van der Waals surface area contributed by atoms with E-state index in [2.05, 4.69) is 18.9 Å². The molecule has 0 saturated carbocycles. The van der Waals surface area contributed by atoms with Gasteiger partial charge in [-0.05, 0) is 38.1 Å². The Morgan fingerprint density at radius 1 is 1.45 bits per heavy atom. The number of benzene rings is 1. The van der Waals surface area contributed by atoms with Crippen LogP contribution in [0.5, 0.6) is 5.75 Å². The highest BCUT2D eigenvalue weighted by molar-refractivity contribution is 7.80. The van der Waals surface area contributed by atoms with Crippen molar-refractivity contribution in [2.45, 2.75) is 26.5 Å². The number of rotatable bonds is 5. The van der Waals surface area contributed by atoms with Gasteiger partial charge < -0.3 is 10.5 Å². The molecule has 1 aromatic carbocycles. The quantitative estimate of drug-likeness (QED) is 0.861. The van der Waals surface area contributed by atoms with E-state index >= 15 is 0 Å². The van der Waals surface area contributed by atoms with Crippen LogP contribution >= 0.6 is 23.8 Å². The number of hydrogen-bond acceptors (Lipinski definition) is 3. The minimum Gasteiger partial charge on any atom is -0.487 e. The van der Waals surface area contributed by atoms with E-state index in [-0.39, 0.29) is 4.99 Å². The highest BCUT2D eigenvalue weighted by Gasteiger charge is 2.06. The molecule has 20 heavy (non-hydrogen) atoms. The zero-order chi connectivity index (χ0) is 14.7. The second-order valence-corrected chi connectivity index (χ2v) is 5.52. The van der Waals surface area contributed by atoms with E-state index in [1.165, 1.54) is 0 Å². The maximum Gasteiger partial charge on any atom is 0.132 e. The van der Waals surface area contributed by atoms with Crippen molar-refractivity contribution < 1.29 is 4.74 Å². The second kappa shape index (κ2) is 6.24. The monoisotopic (exact) mass is 309 g/mol. The first-order valence-corrected chi connectivity index (χ1v) is 7.02. The first-order valence-electron chi connectivity index (χ1n) is 6.23. The summed E-state index contributed by atoms with van der Waals surface area (Å²) in [6, 6.07) is 7.52. The molecule has 0 aliphatic heterocycles. The largest absolute Gasteiger partial charge is 0.487 e. The maximum atomic E-state index is 6.08. The van der Waals surface area contributed by atoms with Crippen molar-refractivity contribution in [3.63, 3.8) is 0 Å². The van der Waals surface area contributed by atoms with Gasteiger partial charge >= 0.3 is 0 Å². The lowest BCUT2D eigenvalue weighted by Crippen LogP contribution is -2.10. The molecule has 0 saturated heterocycles. The van der Waals surface area contributed by atoms with Crippen LogP contribution < -0.4 is 10.5 Å². The number of nitrogens with two attached hydrogens (primary N) is 1. The molecular formula is C14H16ClN3OS. The summed E-state index contributed by atoms with van der Waals surface area (Å²) >= 11 is 11.0. The highest BCUT2D eigenvalue weighted by Crippen LogP contribution is 2.23. The molecule has 2 N–H and O–H groups in total. The molecule has 0 aliphatic rings. The third-order valence-corrected chi connectivity index (χ3v) is 3.32. The Hall–Kier alpha value is -1.59. The lowest BCUT2D eigenvalue weighted by molar-refractivity contribution is 0.298. The van der Waals surface area contributed by atoms with Crippen molar-refractivity contribution in [2.75, 3.05) is 0 Å². The zero-order valence-corrected chi connectivity index (χ0v) is 12.9. The van der Waals surface area contributed by atoms with E-state index in [1.807, 2.05) is 16.9 Å². The number of halogens is 1. The van der Waals surface area contributed by atoms with Crippen LogP contribution in [0.15, 0.2) is 30.5 Å². The molecular weight excluding hydrogens is 294 g/mol. The highest BCUT2D eigenvalue weighted by atomic mass is 35.5. The van der Waals surface area contributed by atoms with E-state index in [0.29, 0.717) is 29.0 Å². The van der Waals surface area contributed by atoms with Crippen molar-refractivity contribution in [1.82, 2.24) is 9.78 Å². The molecule has 2 aromatic rings. The van der Waals surface area contributed by atoms with Gasteiger partial charge in [-0.2, -0.15) is 5.10 Å². The molecule has 0 aliphatic carbocycles. The maximum absolute atomic E-state index is 6.08. The summed E-state index contributed by atoms with van der Waals surface area (Å²) < 4.78 is 7.55. The van der Waals surface area contributed by atoms with Gasteiger partial charge in [-0.15, -0.1) is 0 Å². The molecule has 2 rings (SSSR count). The van der Waals surface area contributed by atoms with Gasteiger partial charge in [0.1, 0.15) is 17.3 Å². The van der Waals surface area contributed by atoms with E-state index in [1.54, 1.807) is 18.2 Å². The van der Waals surface area contributed by atoms with Crippen molar-refractivity contribution in [2.24, 2.45) is 5.73 Å². The summed E-state index contributed by atoms with van der Waals surface area (Å²) in [5.41, 5.74) is 7.07. The Labute approximate surface area is 128 Å². The molecule has 106 valence electrons. The van der Waals surface area contributed by atoms with Crippen molar-refractivity contribution in [3.8, 4) is 5.75 Å². The van der Waals surface area contributed by atoms with Crippen LogP contribution in [0.1, 0.15) is 31.1 Å². The molecule has 4 nitrogen and oxygen atoms in total. The molecule has 0 amide bonds. The Morgan fingerprint density at radius 3 is 2.75 bits per heavy atom. The van der Waals surface area contributed by atoms with Crippen molar-refractivity contribution >= 4 is 28.8 Å². The van der Waals surface area contributed by atoms with Crippen molar-refractivity contribution in [3.05, 3.63) is 46.7 Å². The summed E-state index contributed by atoms with van der Waals surface area (Å²) in [6.07, 6.45) is 1.94. The third kappa shape index (κ3) is 3.49. The van der Waals surface area contributed by atoms with E-state index in [4.69, 9.17) is 34.3 Å². The lowest BCUT2D eigenvalue weighted by atomic mass is 10.2. The molecule has 1 aromatic heterocycles. The predicted octanol–water partition coefficient (Wildman–Crippen LogP) is 3.33. The van der Waals surface area contributed by atoms with Gasteiger partial charge in [0.2, 0.25) is 0 Å². The average Bonchev–Trinajstić information content (AvgIpc) is 2.85. The SMILES string of the molecule is CC(C)n1ccc(COc2ccc(C(N)=S)c(Cl)c2)n1. The standard InChI is InChI=1S/C14H16ClN3OS/c1-9(2)18-6-5-10(17-18)8-19-11-3-4-12(14(16)20)13(15)7-11/h3-7,9H,8H2,1-2H3,(H2,16,20). The number of ether oxygens (including phenoxy) is 1. The molecule has 0 fully saturated rings. The first kappa shape index (κ1) is 14.8. The number of nitrogens with zero attached hydrogens (tertiary/aromatic N) is 2. The Morgan fingerprint density at radius 2 is 2.20 bits per heavy atom. The predicted molar refractivity (Wildman–Crippen MR) is 84.3 cm³/mol. The van der Waals surface area contributed by atoms with Crippen molar-refractivity contribution in [1.29, 1.82) is 0 Å². The Bertz CT molecular complexity index is 625. The van der Waals surface area contributed by atoms with Gasteiger partial charge in [-0.25, -0.2) is 0 Å². The fraction of sp³-hybridized carbons (Fsp3) is 0.286. The van der Waals surface area contributed by atoms with E-state index in [9.17, 15) is 0 Å². The average molecular weight is 310 g/mol. The van der Waals surface area contributed by atoms with Crippen LogP contribution in [0.3, 0.4) is 0 Å². The van der Waals surface area contributed by atoms with Crippen LogP contribution in [0, 0.1) is 0 Å². The number of thiocarbonyl (C=S) groups is 1. The van der Waals surface area contributed by atoms with Gasteiger partial charge in [0.25, 0.3) is 0 Å². The lowest BCUT2D eigenvalue weighted by Gasteiger charge is -2.08. The molecule has 0 radical (unpaired) electrons. The molecule has 0 bridgehead atoms. The molecule has 1 heterocycles. The first-order chi connectivity index (χ1) is 9.47. The fourth-order valence-corrected chi connectivity index (χ4v) is 2.19. The summed E-state index contributed by atoms with van der Waals surface area (Å²) in [7, 11) is 0. The topological polar surface area (TPSA) is 53.1 Å². The van der Waals surface area contributed by atoms with E-state index < -0.39 is 0 Å². The summed E-state index contributed by atoms with van der Waals surface area (Å²) in [5, 5.41) is 4.90. The Kier molecular flexibility index (Phi) is 4.62. The van der Waals surface area contributed by atoms with Gasteiger partial charge in [0, 0.05) is 17.8 Å². The molecule has 0 unspecified atom stereocenters. The molecule has 0 spiro atoms. The van der Waals surface area contributed by atoms with Crippen LogP contribution in [0.2, 0.25) is 5.02 Å². The van der Waals surface area contributed by atoms with E-state index in [0.717, 1.165) is 5.69 Å². The molecule has 0 atom stereocenters. The summed E-state index contributed by atoms with van der Waals surface area (Å²) in [6.45, 7) is 4.54. The van der Waals surface area contributed by atoms with Crippen LogP contribution in [-0.2, 0) is 6.61 Å². The Balaban J connectivity index is 2.03. The number of hydrogen-bond donors (Lipinski definition) is 1. The van der Waals surface area contributed by atoms with Gasteiger partial charge in [-0.1, -0.05) is 23.8 Å². The third-order valence-electron chi connectivity index (χ3n) is 2.79. The van der Waals surface area contributed by atoms with Crippen LogP contribution in [0.25, 0.3) is 0 Å². The van der Waals surface area contributed by atoms with Crippen LogP contribution in [-0.4, -0.2) is 14.8 Å². The molecule has 6 heteroatoms. The smallest absolute Gasteiger partial charge is 0.132 e. The normalized spacial score (nSPS) is 10.8. The van der Waals surface area contributed by atoms with Gasteiger partial charge in [-0.3, -0.25) is 4.68 Å². The zero-order valence-electron chi connectivity index (χ0n) is 11.3. The minimum atomic E-state index is 0.275. The van der Waals surface area contributed by atoms with Gasteiger partial charge in [0.05, 0.1) is 10.7 Å². The number of aromatic nitrogens is 2. The second-order valence-electron chi connectivity index (χ2n) is 4.68. The van der Waals surface area contributed by atoms with Crippen LogP contribution in [0.4, 0.5) is 0 Å². The van der Waals surface area contributed by atoms with Gasteiger partial charge in [0.15, 0.2) is 0 Å².